The third kappa shape index (κ3) is 4.49. The van der Waals surface area contributed by atoms with Gasteiger partial charge >= 0.3 is 0 Å². The molecule has 1 aromatic rings. The van der Waals surface area contributed by atoms with Crippen LogP contribution in [0.4, 0.5) is 0 Å². The van der Waals surface area contributed by atoms with Crippen LogP contribution in [0.25, 0.3) is 0 Å². The maximum absolute atomic E-state index is 11.8. The average molecular weight is 286 g/mol. The summed E-state index contributed by atoms with van der Waals surface area (Å²) in [6.07, 6.45) is -2.02. The Balaban J connectivity index is 2.62. The van der Waals surface area contributed by atoms with Gasteiger partial charge in [0.2, 0.25) is 0 Å². The van der Waals surface area contributed by atoms with Crippen LogP contribution in [-0.2, 0) is 4.79 Å². The molecule has 0 aliphatic carbocycles. The third-order valence-corrected chi connectivity index (χ3v) is 3.26. The summed E-state index contributed by atoms with van der Waals surface area (Å²) in [5, 5.41) is 22.6. The summed E-state index contributed by atoms with van der Waals surface area (Å²) in [6, 6.07) is 6.62. The van der Waals surface area contributed by atoms with Crippen molar-refractivity contribution in [1.29, 1.82) is 0 Å². The molecule has 0 aromatic heterocycles. The van der Waals surface area contributed by atoms with Crippen molar-refractivity contribution in [1.82, 2.24) is 5.32 Å². The summed E-state index contributed by atoms with van der Waals surface area (Å²) in [5.41, 5.74) is 0.0229. The van der Waals surface area contributed by atoms with Gasteiger partial charge in [0.15, 0.2) is 6.10 Å². The fourth-order valence-electron chi connectivity index (χ4n) is 1.44. The van der Waals surface area contributed by atoms with Crippen molar-refractivity contribution in [3.8, 4) is 0 Å². The second-order valence-electron chi connectivity index (χ2n) is 5.55. The molecular weight excluding hydrogens is 266 g/mol. The zero-order valence-corrected chi connectivity index (χ0v) is 12.1. The molecule has 3 N–H and O–H groups in total. The highest BCUT2D eigenvalue weighted by atomic mass is 35.5. The van der Waals surface area contributed by atoms with Crippen molar-refractivity contribution in [2.45, 2.75) is 33.0 Å². The van der Waals surface area contributed by atoms with Crippen molar-refractivity contribution in [3.05, 3.63) is 34.9 Å². The van der Waals surface area contributed by atoms with Crippen LogP contribution in [0.3, 0.4) is 0 Å². The van der Waals surface area contributed by atoms with Gasteiger partial charge in [0.05, 0.1) is 6.10 Å². The zero-order valence-electron chi connectivity index (χ0n) is 11.4. The fraction of sp³-hybridized carbons (Fsp3) is 0.500. The maximum Gasteiger partial charge on any atom is 0.253 e. The molecule has 0 heterocycles. The number of halogens is 1. The summed E-state index contributed by atoms with van der Waals surface area (Å²) >= 11 is 5.91. The Labute approximate surface area is 118 Å². The van der Waals surface area contributed by atoms with Crippen molar-refractivity contribution < 1.29 is 15.0 Å². The normalized spacial score (nSPS) is 14.8. The summed E-state index contributed by atoms with van der Waals surface area (Å²) < 4.78 is 0. The second-order valence-corrected chi connectivity index (χ2v) is 5.96. The Morgan fingerprint density at radius 1 is 1.32 bits per heavy atom. The maximum atomic E-state index is 11.8. The number of amides is 1. The van der Waals surface area contributed by atoms with E-state index < -0.39 is 18.1 Å². The van der Waals surface area contributed by atoms with Gasteiger partial charge in [-0.1, -0.05) is 50.6 Å². The number of benzene rings is 1. The Bertz CT molecular complexity index is 443. The van der Waals surface area contributed by atoms with E-state index in [0.717, 1.165) is 0 Å². The van der Waals surface area contributed by atoms with E-state index in [1.807, 2.05) is 20.8 Å². The molecule has 0 saturated carbocycles. The molecule has 0 fully saturated rings. The third-order valence-electron chi connectivity index (χ3n) is 2.92. The smallest absolute Gasteiger partial charge is 0.253 e. The van der Waals surface area contributed by atoms with Crippen molar-refractivity contribution >= 4 is 17.5 Å². The van der Waals surface area contributed by atoms with Gasteiger partial charge < -0.3 is 15.5 Å². The average Bonchev–Trinajstić information content (AvgIpc) is 2.34. The molecule has 4 nitrogen and oxygen atoms in total. The Kier molecular flexibility index (Phi) is 5.35. The minimum Gasteiger partial charge on any atom is -0.391 e. The van der Waals surface area contributed by atoms with Crippen LogP contribution in [0.2, 0.25) is 5.02 Å². The Morgan fingerprint density at radius 3 is 2.42 bits per heavy atom. The lowest BCUT2D eigenvalue weighted by Gasteiger charge is -2.26. The number of carbonyl (C=O) groups excluding carboxylic acids is 1. The van der Waals surface area contributed by atoms with Gasteiger partial charge in [-0.2, -0.15) is 0 Å². The standard InChI is InChI=1S/C14H20ClNO3/c1-14(2,3)11(17)8-16-13(19)12(18)9-6-4-5-7-10(9)15/h4-7,11-12,17-18H,8H2,1-3H3,(H,16,19)/t11-,12-/m1/s1. The van der Waals surface area contributed by atoms with E-state index in [-0.39, 0.29) is 12.0 Å². The molecule has 0 saturated heterocycles. The Morgan fingerprint density at radius 2 is 1.89 bits per heavy atom. The molecule has 0 aliphatic rings. The topological polar surface area (TPSA) is 69.6 Å². The van der Waals surface area contributed by atoms with E-state index in [1.54, 1.807) is 24.3 Å². The van der Waals surface area contributed by atoms with E-state index in [2.05, 4.69) is 5.32 Å². The molecule has 5 heteroatoms. The van der Waals surface area contributed by atoms with E-state index in [0.29, 0.717) is 10.6 Å². The van der Waals surface area contributed by atoms with Gasteiger partial charge in [-0.05, 0) is 11.5 Å². The molecule has 0 spiro atoms. The second kappa shape index (κ2) is 6.37. The van der Waals surface area contributed by atoms with Crippen LogP contribution in [0.5, 0.6) is 0 Å². The number of rotatable bonds is 4. The highest BCUT2D eigenvalue weighted by Crippen LogP contribution is 2.23. The molecule has 1 rings (SSSR count). The van der Waals surface area contributed by atoms with Crippen molar-refractivity contribution in [2.24, 2.45) is 5.41 Å². The lowest BCUT2D eigenvalue weighted by molar-refractivity contribution is -0.130. The number of aliphatic hydroxyl groups is 2. The van der Waals surface area contributed by atoms with Crippen LogP contribution < -0.4 is 5.32 Å². The first-order chi connectivity index (χ1) is 8.73. The summed E-state index contributed by atoms with van der Waals surface area (Å²) in [6.45, 7) is 5.70. The zero-order chi connectivity index (χ0) is 14.6. The summed E-state index contributed by atoms with van der Waals surface area (Å²) in [7, 11) is 0. The first-order valence-corrected chi connectivity index (χ1v) is 6.49. The number of aliphatic hydroxyl groups excluding tert-OH is 2. The van der Waals surface area contributed by atoms with Gasteiger partial charge in [0.1, 0.15) is 0 Å². The molecule has 1 aromatic carbocycles. The summed E-state index contributed by atoms with van der Waals surface area (Å²) in [4.78, 5) is 11.8. The van der Waals surface area contributed by atoms with Crippen LogP contribution in [-0.4, -0.2) is 28.8 Å². The molecule has 0 unspecified atom stereocenters. The van der Waals surface area contributed by atoms with Crippen LogP contribution in [0.15, 0.2) is 24.3 Å². The molecule has 106 valence electrons. The predicted molar refractivity (Wildman–Crippen MR) is 74.9 cm³/mol. The molecule has 0 bridgehead atoms. The fourth-order valence-corrected chi connectivity index (χ4v) is 1.68. The van der Waals surface area contributed by atoms with Crippen LogP contribution >= 0.6 is 11.6 Å². The molecule has 1 amide bonds. The van der Waals surface area contributed by atoms with E-state index in [9.17, 15) is 15.0 Å². The first kappa shape index (κ1) is 16.0. The molecular formula is C14H20ClNO3. The van der Waals surface area contributed by atoms with E-state index in [1.165, 1.54) is 0 Å². The highest BCUT2D eigenvalue weighted by molar-refractivity contribution is 6.31. The number of carbonyl (C=O) groups is 1. The summed E-state index contributed by atoms with van der Waals surface area (Å²) in [5.74, 6) is -0.573. The van der Waals surface area contributed by atoms with Crippen molar-refractivity contribution in [3.63, 3.8) is 0 Å². The minimum absolute atomic E-state index is 0.0871. The molecule has 0 radical (unpaired) electrons. The van der Waals surface area contributed by atoms with Gasteiger partial charge in [-0.3, -0.25) is 4.79 Å². The lowest BCUT2D eigenvalue weighted by atomic mass is 9.89. The number of hydrogen-bond acceptors (Lipinski definition) is 3. The van der Waals surface area contributed by atoms with Gasteiger partial charge in [0.25, 0.3) is 5.91 Å². The quantitative estimate of drug-likeness (QED) is 0.791. The lowest BCUT2D eigenvalue weighted by Crippen LogP contribution is -2.41. The number of nitrogens with one attached hydrogen (secondary N) is 1. The minimum atomic E-state index is -1.33. The highest BCUT2D eigenvalue weighted by Gasteiger charge is 2.25. The van der Waals surface area contributed by atoms with E-state index in [4.69, 9.17) is 11.6 Å². The largest absolute Gasteiger partial charge is 0.391 e. The van der Waals surface area contributed by atoms with E-state index >= 15 is 0 Å². The molecule has 2 atom stereocenters. The van der Waals surface area contributed by atoms with Crippen LogP contribution in [0, 0.1) is 5.41 Å². The SMILES string of the molecule is CC(C)(C)[C@H](O)CNC(=O)[C@H](O)c1ccccc1Cl. The van der Waals surface area contributed by atoms with Crippen molar-refractivity contribution in [2.75, 3.05) is 6.54 Å². The first-order valence-electron chi connectivity index (χ1n) is 6.11. The molecule has 0 aliphatic heterocycles. The Hall–Kier alpha value is -1.10. The van der Waals surface area contributed by atoms with Gasteiger partial charge in [-0.15, -0.1) is 0 Å². The van der Waals surface area contributed by atoms with Gasteiger partial charge in [0, 0.05) is 17.1 Å². The molecule has 19 heavy (non-hydrogen) atoms. The van der Waals surface area contributed by atoms with Gasteiger partial charge in [-0.25, -0.2) is 0 Å². The van der Waals surface area contributed by atoms with Crippen LogP contribution in [0.1, 0.15) is 32.4 Å². The predicted octanol–water partition coefficient (Wildman–Crippen LogP) is 1.90. The monoisotopic (exact) mass is 285 g/mol. The number of hydrogen-bond donors (Lipinski definition) is 3.